The van der Waals surface area contributed by atoms with Crippen molar-refractivity contribution in [3.8, 4) is 11.4 Å². The van der Waals surface area contributed by atoms with Gasteiger partial charge in [-0.2, -0.15) is 10.1 Å². The molecular formula is C27H28N8O2. The number of fused-ring (bicyclic) bond motifs is 4. The highest BCUT2D eigenvalue weighted by molar-refractivity contribution is 6.05. The molecule has 188 valence electrons. The Morgan fingerprint density at radius 3 is 2.84 bits per heavy atom. The molecule has 1 atom stereocenters. The summed E-state index contributed by atoms with van der Waals surface area (Å²) in [4.78, 5) is 25.1. The number of para-hydroxylation sites is 1. The van der Waals surface area contributed by atoms with Gasteiger partial charge in [-0.3, -0.25) is 14.5 Å². The van der Waals surface area contributed by atoms with Crippen molar-refractivity contribution in [3.63, 3.8) is 0 Å². The molecule has 1 unspecified atom stereocenters. The van der Waals surface area contributed by atoms with Crippen LogP contribution in [0, 0.1) is 0 Å². The van der Waals surface area contributed by atoms with Crippen LogP contribution in [0.15, 0.2) is 59.5 Å². The first-order valence-electron chi connectivity index (χ1n) is 12.3. The third-order valence-corrected chi connectivity index (χ3v) is 6.84. The Hall–Kier alpha value is -4.44. The lowest BCUT2D eigenvalue weighted by atomic mass is 10.0. The van der Waals surface area contributed by atoms with E-state index in [0.717, 1.165) is 30.7 Å². The zero-order chi connectivity index (χ0) is 25.5. The van der Waals surface area contributed by atoms with Crippen LogP contribution >= 0.6 is 0 Å². The number of H-pyrrole nitrogens is 1. The third-order valence-electron chi connectivity index (χ3n) is 6.84. The molecule has 1 aliphatic rings. The Morgan fingerprint density at radius 1 is 1.22 bits per heavy atom. The normalized spacial score (nSPS) is 15.0. The number of nitrogen functional groups attached to an aromatic ring is 1. The van der Waals surface area contributed by atoms with E-state index < -0.39 is 0 Å². The number of ether oxygens (including phenoxy) is 1. The number of pyridine rings is 1. The van der Waals surface area contributed by atoms with Gasteiger partial charge in [-0.1, -0.05) is 30.3 Å². The topological polar surface area (TPSA) is 127 Å². The van der Waals surface area contributed by atoms with Gasteiger partial charge in [0.15, 0.2) is 11.5 Å². The number of nitrogens with one attached hydrogen (secondary N) is 2. The summed E-state index contributed by atoms with van der Waals surface area (Å²) in [6, 6.07) is 15.9. The Labute approximate surface area is 213 Å². The number of nitrogens with zero attached hydrogens (tertiary/aromatic N) is 5. The number of likely N-dealkylation sites (N-methyl/N-ethyl adjacent to an activating group) is 1. The zero-order valence-electron chi connectivity index (χ0n) is 20.7. The highest BCUT2D eigenvalue weighted by Crippen LogP contribution is 2.29. The molecule has 0 radical (unpaired) electrons. The smallest absolute Gasteiger partial charge is 0.270 e. The van der Waals surface area contributed by atoms with Gasteiger partial charge in [0, 0.05) is 19.8 Å². The number of rotatable bonds is 6. The predicted molar refractivity (Wildman–Crippen MR) is 144 cm³/mol. The average molecular weight is 497 g/mol. The molecule has 0 saturated carbocycles. The van der Waals surface area contributed by atoms with Gasteiger partial charge in [0.2, 0.25) is 5.95 Å². The largest absolute Gasteiger partial charge is 0.488 e. The summed E-state index contributed by atoms with van der Waals surface area (Å²) in [5.74, 6) is 1.58. The number of hydrogen-bond acceptors (Lipinski definition) is 8. The molecule has 1 aliphatic heterocycles. The molecule has 10 heteroatoms. The Bertz CT molecular complexity index is 1660. The van der Waals surface area contributed by atoms with Crippen LogP contribution in [0.4, 0.5) is 11.8 Å². The van der Waals surface area contributed by atoms with E-state index in [1.807, 2.05) is 61.5 Å². The standard InChI is InChI=1S/C27H28N8O2/c1-29-13-16-7-10-18(11-8-16)35-25-20(23-22(26(35)36)24(28)33-32-23)14-30-27(31-25)34(2)15-19-12-9-17-5-3-4-6-21(17)37-19/h3-8,10-11,14,19,29H,9,12-13,15H2,1-2H3,(H3,28,32,33). The molecule has 5 aromatic rings. The second-order valence-corrected chi connectivity index (χ2v) is 9.37. The van der Waals surface area contributed by atoms with Gasteiger partial charge in [0.1, 0.15) is 17.2 Å². The van der Waals surface area contributed by atoms with Crippen LogP contribution in [0.25, 0.3) is 27.6 Å². The van der Waals surface area contributed by atoms with Gasteiger partial charge >= 0.3 is 0 Å². The highest BCUT2D eigenvalue weighted by Gasteiger charge is 2.23. The van der Waals surface area contributed by atoms with E-state index in [4.69, 9.17) is 15.5 Å². The van der Waals surface area contributed by atoms with Crippen molar-refractivity contribution in [1.82, 2.24) is 30.0 Å². The van der Waals surface area contributed by atoms with Crippen LogP contribution < -0.4 is 26.2 Å². The number of anilines is 2. The SMILES string of the molecule is CNCc1ccc(-n2c(=O)c3c(N)n[nH]c3c3cnc(N(C)CC4CCc5ccccc5O4)nc32)cc1. The van der Waals surface area contributed by atoms with Gasteiger partial charge < -0.3 is 20.7 Å². The molecule has 4 heterocycles. The molecule has 0 fully saturated rings. The molecule has 0 amide bonds. The van der Waals surface area contributed by atoms with Crippen LogP contribution in [0.3, 0.4) is 0 Å². The summed E-state index contributed by atoms with van der Waals surface area (Å²) in [5, 5.41) is 11.1. The van der Waals surface area contributed by atoms with Crippen molar-refractivity contribution in [3.05, 3.63) is 76.2 Å². The minimum absolute atomic E-state index is 0.0102. The van der Waals surface area contributed by atoms with Crippen molar-refractivity contribution in [2.24, 2.45) is 0 Å². The van der Waals surface area contributed by atoms with E-state index in [1.54, 1.807) is 10.8 Å². The van der Waals surface area contributed by atoms with E-state index in [2.05, 4.69) is 26.6 Å². The fraction of sp³-hybridized carbons (Fsp3) is 0.259. The lowest BCUT2D eigenvalue weighted by Gasteiger charge is -2.29. The number of aromatic nitrogens is 5. The first-order chi connectivity index (χ1) is 18.0. The predicted octanol–water partition coefficient (Wildman–Crippen LogP) is 2.79. The molecule has 3 aromatic heterocycles. The monoisotopic (exact) mass is 496 g/mol. The second kappa shape index (κ2) is 9.21. The molecule has 0 saturated heterocycles. The molecule has 4 N–H and O–H groups in total. The fourth-order valence-corrected chi connectivity index (χ4v) is 4.97. The number of nitrogens with two attached hydrogens (primary N) is 1. The summed E-state index contributed by atoms with van der Waals surface area (Å²) >= 11 is 0. The number of hydrogen-bond donors (Lipinski definition) is 3. The summed E-state index contributed by atoms with van der Waals surface area (Å²) in [7, 11) is 3.83. The molecule has 0 spiro atoms. The number of aryl methyl sites for hydroxylation is 1. The lowest BCUT2D eigenvalue weighted by molar-refractivity contribution is 0.179. The Kier molecular flexibility index (Phi) is 5.72. The van der Waals surface area contributed by atoms with Crippen LogP contribution in [-0.2, 0) is 13.0 Å². The molecule has 37 heavy (non-hydrogen) atoms. The zero-order valence-corrected chi connectivity index (χ0v) is 20.7. The number of benzene rings is 2. The third kappa shape index (κ3) is 4.05. The van der Waals surface area contributed by atoms with Gasteiger partial charge in [-0.25, -0.2) is 4.98 Å². The van der Waals surface area contributed by atoms with Crippen molar-refractivity contribution in [2.75, 3.05) is 31.3 Å². The Balaban J connectivity index is 1.41. The maximum atomic E-state index is 13.7. The van der Waals surface area contributed by atoms with Crippen LogP contribution in [0.5, 0.6) is 5.75 Å². The van der Waals surface area contributed by atoms with E-state index in [9.17, 15) is 4.79 Å². The average Bonchev–Trinajstić information content (AvgIpc) is 3.31. The maximum absolute atomic E-state index is 13.7. The van der Waals surface area contributed by atoms with Crippen molar-refractivity contribution >= 4 is 33.7 Å². The van der Waals surface area contributed by atoms with Crippen LogP contribution in [0.1, 0.15) is 17.5 Å². The van der Waals surface area contributed by atoms with E-state index >= 15 is 0 Å². The van der Waals surface area contributed by atoms with Gasteiger partial charge in [-0.15, -0.1) is 0 Å². The quantitative estimate of drug-likeness (QED) is 0.328. The minimum Gasteiger partial charge on any atom is -0.488 e. The van der Waals surface area contributed by atoms with Crippen molar-refractivity contribution in [2.45, 2.75) is 25.5 Å². The summed E-state index contributed by atoms with van der Waals surface area (Å²) in [5.41, 5.74) is 9.83. The first-order valence-corrected chi connectivity index (χ1v) is 12.3. The summed E-state index contributed by atoms with van der Waals surface area (Å²) in [6.45, 7) is 1.34. The lowest BCUT2D eigenvalue weighted by Crippen LogP contribution is -2.36. The molecule has 2 aromatic carbocycles. The molecular weight excluding hydrogens is 468 g/mol. The first kappa shape index (κ1) is 23.0. The molecule has 6 rings (SSSR count). The maximum Gasteiger partial charge on any atom is 0.270 e. The van der Waals surface area contributed by atoms with E-state index in [-0.39, 0.29) is 17.5 Å². The molecule has 0 bridgehead atoms. The second-order valence-electron chi connectivity index (χ2n) is 9.37. The Morgan fingerprint density at radius 2 is 2.03 bits per heavy atom. The summed E-state index contributed by atoms with van der Waals surface area (Å²) in [6.07, 6.45) is 3.61. The van der Waals surface area contributed by atoms with Crippen molar-refractivity contribution < 1.29 is 4.74 Å². The van der Waals surface area contributed by atoms with Gasteiger partial charge in [-0.05, 0) is 49.2 Å². The fourth-order valence-electron chi connectivity index (χ4n) is 4.97. The van der Waals surface area contributed by atoms with Crippen LogP contribution in [0.2, 0.25) is 0 Å². The highest BCUT2D eigenvalue weighted by atomic mass is 16.5. The molecule has 10 nitrogen and oxygen atoms in total. The van der Waals surface area contributed by atoms with Gasteiger partial charge in [0.25, 0.3) is 5.56 Å². The number of aromatic amines is 1. The molecule has 0 aliphatic carbocycles. The summed E-state index contributed by atoms with van der Waals surface area (Å²) < 4.78 is 7.81. The van der Waals surface area contributed by atoms with Gasteiger partial charge in [0.05, 0.1) is 23.1 Å². The van der Waals surface area contributed by atoms with E-state index in [1.165, 1.54) is 5.56 Å². The van der Waals surface area contributed by atoms with Crippen LogP contribution in [-0.4, -0.2) is 51.5 Å². The van der Waals surface area contributed by atoms with Crippen molar-refractivity contribution in [1.29, 1.82) is 0 Å². The minimum atomic E-state index is -0.283. The van der Waals surface area contributed by atoms with E-state index in [0.29, 0.717) is 40.1 Å².